The number of halogens is 1. The first-order valence-electron chi connectivity index (χ1n) is 7.51. The first kappa shape index (κ1) is 17.2. The Kier molecular flexibility index (Phi) is 7.24. The van der Waals surface area contributed by atoms with Gasteiger partial charge in [-0.05, 0) is 58.0 Å². The fraction of sp³-hybridized carbons (Fsp3) is 0.733. The van der Waals surface area contributed by atoms with Crippen LogP contribution >= 0.6 is 11.6 Å². The zero-order valence-corrected chi connectivity index (χ0v) is 14.2. The number of anilines is 1. The molecule has 5 heteroatoms. The molecular weight excluding hydrogens is 272 g/mol. The van der Waals surface area contributed by atoms with Crippen molar-refractivity contribution in [2.45, 2.75) is 41.0 Å². The zero-order chi connectivity index (χ0) is 15.1. The normalized spacial score (nSPS) is 11.2. The Morgan fingerprint density at radius 1 is 0.900 bits per heavy atom. The summed E-state index contributed by atoms with van der Waals surface area (Å²) in [5, 5.41) is 8.83. The Bertz CT molecular complexity index is 419. The smallest absolute Gasteiger partial charge is 0.155 e. The summed E-state index contributed by atoms with van der Waals surface area (Å²) in [6, 6.07) is 0. The molecule has 0 saturated carbocycles. The van der Waals surface area contributed by atoms with Crippen LogP contribution in [0.15, 0.2) is 0 Å². The highest BCUT2D eigenvalue weighted by Crippen LogP contribution is 2.23. The molecule has 0 atom stereocenters. The van der Waals surface area contributed by atoms with Crippen molar-refractivity contribution in [1.82, 2.24) is 15.1 Å². The summed E-state index contributed by atoms with van der Waals surface area (Å²) in [5.41, 5.74) is 2.16. The quantitative estimate of drug-likeness (QED) is 0.737. The van der Waals surface area contributed by atoms with Crippen LogP contribution in [0.1, 0.15) is 38.3 Å². The highest BCUT2D eigenvalue weighted by Gasteiger charge is 2.14. The molecule has 4 nitrogen and oxygen atoms in total. The molecule has 0 aromatic carbocycles. The van der Waals surface area contributed by atoms with Crippen molar-refractivity contribution >= 4 is 17.4 Å². The molecule has 0 aliphatic rings. The van der Waals surface area contributed by atoms with Crippen LogP contribution in [0.4, 0.5) is 5.82 Å². The van der Waals surface area contributed by atoms with Crippen molar-refractivity contribution in [1.29, 1.82) is 0 Å². The molecule has 114 valence electrons. The minimum Gasteiger partial charge on any atom is -0.355 e. The number of nitrogens with zero attached hydrogens (tertiary/aromatic N) is 4. The van der Waals surface area contributed by atoms with Crippen molar-refractivity contribution < 1.29 is 0 Å². The molecule has 20 heavy (non-hydrogen) atoms. The minimum absolute atomic E-state index is 0.505. The van der Waals surface area contributed by atoms with Crippen molar-refractivity contribution in [2.24, 2.45) is 0 Å². The SMILES string of the molecule is CCN(CC)CCCN(CC)c1nnc(Cl)c(C)c1C. The van der Waals surface area contributed by atoms with E-state index < -0.39 is 0 Å². The molecule has 1 heterocycles. The van der Waals surface area contributed by atoms with Crippen LogP contribution in [0.3, 0.4) is 0 Å². The lowest BCUT2D eigenvalue weighted by molar-refractivity contribution is 0.300. The van der Waals surface area contributed by atoms with Crippen molar-refractivity contribution in [3.05, 3.63) is 16.3 Å². The Morgan fingerprint density at radius 2 is 1.55 bits per heavy atom. The third-order valence-corrected chi connectivity index (χ3v) is 4.28. The molecule has 0 aliphatic carbocycles. The third-order valence-electron chi connectivity index (χ3n) is 3.92. The fourth-order valence-electron chi connectivity index (χ4n) is 2.30. The first-order chi connectivity index (χ1) is 9.54. The molecule has 0 N–H and O–H groups in total. The molecule has 1 rings (SSSR count). The fourth-order valence-corrected chi connectivity index (χ4v) is 2.48. The second-order valence-electron chi connectivity index (χ2n) is 5.02. The maximum absolute atomic E-state index is 6.02. The van der Waals surface area contributed by atoms with Gasteiger partial charge in [0.25, 0.3) is 0 Å². The molecule has 0 saturated heterocycles. The molecule has 0 bridgehead atoms. The Balaban J connectivity index is 2.69. The number of hydrogen-bond acceptors (Lipinski definition) is 4. The van der Waals surface area contributed by atoms with Crippen molar-refractivity contribution in [3.63, 3.8) is 0 Å². The Hall–Kier alpha value is -0.870. The predicted octanol–water partition coefficient (Wildman–Crippen LogP) is 3.31. The van der Waals surface area contributed by atoms with E-state index >= 15 is 0 Å². The van der Waals surface area contributed by atoms with Crippen LogP contribution in [-0.4, -0.2) is 47.8 Å². The van der Waals surface area contributed by atoms with Crippen LogP contribution in [0.25, 0.3) is 0 Å². The van der Waals surface area contributed by atoms with Crippen LogP contribution < -0.4 is 4.90 Å². The molecule has 0 aliphatic heterocycles. The number of hydrogen-bond donors (Lipinski definition) is 0. The van der Waals surface area contributed by atoms with Gasteiger partial charge in [0.05, 0.1) is 0 Å². The largest absolute Gasteiger partial charge is 0.355 e. The summed E-state index contributed by atoms with van der Waals surface area (Å²) in [5.74, 6) is 0.967. The van der Waals surface area contributed by atoms with Gasteiger partial charge in [0.2, 0.25) is 0 Å². The van der Waals surface area contributed by atoms with Gasteiger partial charge in [-0.3, -0.25) is 0 Å². The summed E-state index contributed by atoms with van der Waals surface area (Å²) in [4.78, 5) is 4.73. The topological polar surface area (TPSA) is 32.3 Å². The van der Waals surface area contributed by atoms with E-state index in [0.29, 0.717) is 5.15 Å². The molecule has 0 unspecified atom stereocenters. The summed E-state index contributed by atoms with van der Waals surface area (Å²) in [6.45, 7) is 15.9. The van der Waals surface area contributed by atoms with E-state index in [9.17, 15) is 0 Å². The minimum atomic E-state index is 0.505. The monoisotopic (exact) mass is 298 g/mol. The van der Waals surface area contributed by atoms with E-state index in [2.05, 4.69) is 47.7 Å². The van der Waals surface area contributed by atoms with Gasteiger partial charge in [-0.25, -0.2) is 0 Å². The van der Waals surface area contributed by atoms with Gasteiger partial charge in [0.1, 0.15) is 0 Å². The summed E-state index contributed by atoms with van der Waals surface area (Å²) in [6.07, 6.45) is 1.14. The Labute approximate surface area is 128 Å². The van der Waals surface area contributed by atoms with E-state index in [0.717, 1.165) is 56.1 Å². The van der Waals surface area contributed by atoms with E-state index in [-0.39, 0.29) is 0 Å². The molecule has 1 aromatic heterocycles. The van der Waals surface area contributed by atoms with E-state index in [4.69, 9.17) is 11.6 Å². The maximum atomic E-state index is 6.02. The zero-order valence-electron chi connectivity index (χ0n) is 13.4. The molecular formula is C15H27ClN4. The van der Waals surface area contributed by atoms with Gasteiger partial charge in [0, 0.05) is 13.1 Å². The van der Waals surface area contributed by atoms with Gasteiger partial charge < -0.3 is 9.80 Å². The van der Waals surface area contributed by atoms with Crippen molar-refractivity contribution in [3.8, 4) is 0 Å². The van der Waals surface area contributed by atoms with Crippen LogP contribution in [0.5, 0.6) is 0 Å². The van der Waals surface area contributed by atoms with Crippen LogP contribution in [0.2, 0.25) is 5.15 Å². The highest BCUT2D eigenvalue weighted by molar-refractivity contribution is 6.30. The van der Waals surface area contributed by atoms with E-state index in [1.54, 1.807) is 0 Å². The highest BCUT2D eigenvalue weighted by atomic mass is 35.5. The number of aromatic nitrogens is 2. The van der Waals surface area contributed by atoms with Crippen LogP contribution in [0, 0.1) is 13.8 Å². The van der Waals surface area contributed by atoms with E-state index in [1.165, 1.54) is 0 Å². The average molecular weight is 299 g/mol. The summed E-state index contributed by atoms with van der Waals surface area (Å²) in [7, 11) is 0. The van der Waals surface area contributed by atoms with Gasteiger partial charge in [-0.1, -0.05) is 25.4 Å². The lowest BCUT2D eigenvalue weighted by Crippen LogP contribution is -2.31. The number of rotatable bonds is 8. The molecule has 0 spiro atoms. The molecule has 0 radical (unpaired) electrons. The van der Waals surface area contributed by atoms with E-state index in [1.807, 2.05) is 6.92 Å². The second-order valence-corrected chi connectivity index (χ2v) is 5.38. The lowest BCUT2D eigenvalue weighted by atomic mass is 10.2. The second kappa shape index (κ2) is 8.42. The lowest BCUT2D eigenvalue weighted by Gasteiger charge is -2.25. The Morgan fingerprint density at radius 3 is 2.10 bits per heavy atom. The predicted molar refractivity (Wildman–Crippen MR) is 86.8 cm³/mol. The summed E-state index contributed by atoms with van der Waals surface area (Å²) < 4.78 is 0. The van der Waals surface area contributed by atoms with Gasteiger partial charge in [0.15, 0.2) is 11.0 Å². The van der Waals surface area contributed by atoms with Crippen LogP contribution in [-0.2, 0) is 0 Å². The average Bonchev–Trinajstić information content (AvgIpc) is 2.46. The maximum Gasteiger partial charge on any atom is 0.155 e. The molecule has 0 amide bonds. The standard InChI is InChI=1S/C15H27ClN4/c1-6-19(7-2)10-9-11-20(8-3)15-13(5)12(4)14(16)17-18-15/h6-11H2,1-5H3. The van der Waals surface area contributed by atoms with Gasteiger partial charge >= 0.3 is 0 Å². The van der Waals surface area contributed by atoms with Crippen molar-refractivity contribution in [2.75, 3.05) is 37.6 Å². The first-order valence-corrected chi connectivity index (χ1v) is 7.89. The molecule has 1 aromatic rings. The van der Waals surface area contributed by atoms with Gasteiger partial charge in [-0.15, -0.1) is 10.2 Å². The summed E-state index contributed by atoms with van der Waals surface area (Å²) >= 11 is 6.02. The van der Waals surface area contributed by atoms with Gasteiger partial charge in [-0.2, -0.15) is 0 Å². The molecule has 0 fully saturated rings. The third kappa shape index (κ3) is 4.32.